The first-order chi connectivity index (χ1) is 12.7. The van der Waals surface area contributed by atoms with Gasteiger partial charge in [-0.15, -0.1) is 11.8 Å². The van der Waals surface area contributed by atoms with Crippen molar-refractivity contribution in [3.63, 3.8) is 0 Å². The van der Waals surface area contributed by atoms with Crippen molar-refractivity contribution in [3.05, 3.63) is 93.0 Å². The zero-order valence-electron chi connectivity index (χ0n) is 13.8. The van der Waals surface area contributed by atoms with Crippen molar-refractivity contribution in [2.75, 3.05) is 0 Å². The Kier molecular flexibility index (Phi) is 3.40. The summed E-state index contributed by atoms with van der Waals surface area (Å²) >= 11 is 1.62. The summed E-state index contributed by atoms with van der Waals surface area (Å²) in [7, 11) is 0. The molecule has 0 saturated carbocycles. The second-order valence-electron chi connectivity index (χ2n) is 6.40. The van der Waals surface area contributed by atoms with E-state index >= 15 is 0 Å². The highest BCUT2D eigenvalue weighted by atomic mass is 32.2. The van der Waals surface area contributed by atoms with Gasteiger partial charge in [-0.05, 0) is 46.9 Å². The predicted molar refractivity (Wildman–Crippen MR) is 109 cm³/mol. The number of aromatic amines is 1. The van der Waals surface area contributed by atoms with E-state index in [4.69, 9.17) is 0 Å². The first kappa shape index (κ1) is 15.3. The molecule has 26 heavy (non-hydrogen) atoms. The van der Waals surface area contributed by atoms with Gasteiger partial charge in [-0.2, -0.15) is 0 Å². The van der Waals surface area contributed by atoms with Crippen molar-refractivity contribution in [3.8, 4) is 5.75 Å². The quantitative estimate of drug-likeness (QED) is 0.493. The minimum absolute atomic E-state index is 0.0624. The smallest absolute Gasteiger partial charge is 0.193 e. The molecule has 0 spiro atoms. The van der Waals surface area contributed by atoms with Gasteiger partial charge in [0.15, 0.2) is 5.43 Å². The Morgan fingerprint density at radius 3 is 2.58 bits per heavy atom. The van der Waals surface area contributed by atoms with Crippen molar-refractivity contribution >= 4 is 39.6 Å². The maximum atomic E-state index is 13.6. The van der Waals surface area contributed by atoms with E-state index in [-0.39, 0.29) is 16.4 Å². The third kappa shape index (κ3) is 2.26. The number of rotatable bonds is 1. The third-order valence-electron chi connectivity index (χ3n) is 4.87. The van der Waals surface area contributed by atoms with Gasteiger partial charge >= 0.3 is 0 Å². The number of fused-ring (bicyclic) bond motifs is 4. The molecule has 0 saturated heterocycles. The lowest BCUT2D eigenvalue weighted by Gasteiger charge is -2.19. The van der Waals surface area contributed by atoms with Crippen molar-refractivity contribution in [1.29, 1.82) is 0 Å². The highest BCUT2D eigenvalue weighted by Gasteiger charge is 2.24. The minimum atomic E-state index is -0.0904. The normalized spacial score (nSPS) is 16.1. The van der Waals surface area contributed by atoms with Gasteiger partial charge in [0.2, 0.25) is 0 Å². The number of H-pyrrole nitrogens is 1. The molecule has 0 bridgehead atoms. The molecule has 0 aliphatic carbocycles. The molecule has 2 N–H and O–H groups in total. The monoisotopic (exact) mass is 357 g/mol. The summed E-state index contributed by atoms with van der Waals surface area (Å²) in [6.45, 7) is 0. The zero-order chi connectivity index (χ0) is 17.7. The van der Waals surface area contributed by atoms with Crippen LogP contribution in [0.15, 0.2) is 70.9 Å². The number of thioether (sulfide) groups is 1. The van der Waals surface area contributed by atoms with Crippen LogP contribution in [-0.4, -0.2) is 10.1 Å². The Balaban J connectivity index is 1.86. The van der Waals surface area contributed by atoms with Gasteiger partial charge in [0.05, 0.1) is 16.2 Å². The highest BCUT2D eigenvalue weighted by Crippen LogP contribution is 2.41. The van der Waals surface area contributed by atoms with E-state index in [1.54, 1.807) is 23.9 Å². The lowest BCUT2D eigenvalue weighted by atomic mass is 9.99. The standard InChI is InChI=1S/C22H15NO2S/c24-15-8-5-14(6-9-15)22-19-13(11-12-26-22)7-10-18-20(21(19)25)16-3-1-2-4-17(16)23-18/h1-12,22-24H. The van der Waals surface area contributed by atoms with Crippen molar-refractivity contribution in [2.24, 2.45) is 0 Å². The number of nitrogens with one attached hydrogen (secondary N) is 1. The Morgan fingerprint density at radius 1 is 0.923 bits per heavy atom. The topological polar surface area (TPSA) is 53.1 Å². The molecule has 1 atom stereocenters. The summed E-state index contributed by atoms with van der Waals surface area (Å²) in [6.07, 6.45) is 2.00. The van der Waals surface area contributed by atoms with Crippen molar-refractivity contribution in [2.45, 2.75) is 5.25 Å². The number of aromatic hydroxyl groups is 1. The average molecular weight is 357 g/mol. The zero-order valence-corrected chi connectivity index (χ0v) is 14.6. The first-order valence-electron chi connectivity index (χ1n) is 8.41. The summed E-state index contributed by atoms with van der Waals surface area (Å²) in [5, 5.41) is 13.2. The lowest BCUT2D eigenvalue weighted by Crippen LogP contribution is -2.13. The lowest BCUT2D eigenvalue weighted by molar-refractivity contribution is 0.475. The van der Waals surface area contributed by atoms with Crippen LogP contribution in [0.25, 0.3) is 27.9 Å². The van der Waals surface area contributed by atoms with E-state index in [1.807, 2.05) is 60.0 Å². The predicted octanol–water partition coefficient (Wildman–Crippen LogP) is 5.19. The number of phenolic OH excluding ortho intramolecular Hbond substituents is 1. The molecule has 1 aliphatic rings. The van der Waals surface area contributed by atoms with E-state index in [1.165, 1.54) is 0 Å². The molecule has 0 fully saturated rings. The first-order valence-corrected chi connectivity index (χ1v) is 9.35. The average Bonchev–Trinajstić information content (AvgIpc) is 2.98. The summed E-state index contributed by atoms with van der Waals surface area (Å²) < 4.78 is 0. The molecule has 1 aliphatic heterocycles. The molecule has 3 aromatic carbocycles. The van der Waals surface area contributed by atoms with Gasteiger partial charge in [0.1, 0.15) is 5.75 Å². The molecule has 1 aromatic heterocycles. The van der Waals surface area contributed by atoms with E-state index in [9.17, 15) is 9.90 Å². The van der Waals surface area contributed by atoms with Crippen LogP contribution in [0.1, 0.15) is 21.9 Å². The van der Waals surface area contributed by atoms with Crippen LogP contribution in [0.2, 0.25) is 0 Å². The number of benzene rings is 2. The van der Waals surface area contributed by atoms with Crippen LogP contribution in [-0.2, 0) is 0 Å². The number of hydrogen-bond acceptors (Lipinski definition) is 3. The van der Waals surface area contributed by atoms with Crippen molar-refractivity contribution < 1.29 is 5.11 Å². The second kappa shape index (κ2) is 5.78. The molecule has 4 aromatic rings. The number of phenols is 1. The largest absolute Gasteiger partial charge is 0.508 e. The molecular formula is C22H15NO2S. The third-order valence-corrected chi connectivity index (χ3v) is 5.94. The van der Waals surface area contributed by atoms with Gasteiger partial charge in [-0.25, -0.2) is 0 Å². The fraction of sp³-hybridized carbons (Fsp3) is 0.0455. The highest BCUT2D eigenvalue weighted by molar-refractivity contribution is 8.02. The molecule has 2 heterocycles. The maximum absolute atomic E-state index is 13.6. The fourth-order valence-electron chi connectivity index (χ4n) is 3.63. The summed E-state index contributed by atoms with van der Waals surface area (Å²) in [4.78, 5) is 16.9. The van der Waals surface area contributed by atoms with Crippen LogP contribution >= 0.6 is 11.8 Å². The van der Waals surface area contributed by atoms with E-state index in [2.05, 4.69) is 4.98 Å². The molecular weight excluding hydrogens is 342 g/mol. The number of para-hydroxylation sites is 1. The molecule has 0 radical (unpaired) electrons. The van der Waals surface area contributed by atoms with Crippen LogP contribution in [0.5, 0.6) is 5.75 Å². The summed E-state index contributed by atoms with van der Waals surface area (Å²) in [5.41, 5.74) is 4.64. The van der Waals surface area contributed by atoms with Crippen LogP contribution < -0.4 is 5.43 Å². The molecule has 1 unspecified atom stereocenters. The van der Waals surface area contributed by atoms with E-state index in [0.717, 1.165) is 38.5 Å². The van der Waals surface area contributed by atoms with Crippen LogP contribution in [0.4, 0.5) is 0 Å². The Morgan fingerprint density at radius 2 is 1.73 bits per heavy atom. The van der Waals surface area contributed by atoms with Gasteiger partial charge in [0.25, 0.3) is 0 Å². The van der Waals surface area contributed by atoms with E-state index < -0.39 is 0 Å². The minimum Gasteiger partial charge on any atom is -0.508 e. The van der Waals surface area contributed by atoms with Gasteiger partial charge in [-0.3, -0.25) is 4.79 Å². The van der Waals surface area contributed by atoms with Crippen molar-refractivity contribution in [1.82, 2.24) is 4.98 Å². The molecule has 5 rings (SSSR count). The van der Waals surface area contributed by atoms with E-state index in [0.29, 0.717) is 0 Å². The second-order valence-corrected chi connectivity index (χ2v) is 7.42. The SMILES string of the molecule is O=c1c2c(ccc3[nH]c4ccccc4c13)C=CSC2c1ccc(O)cc1. The molecule has 0 amide bonds. The number of hydrogen-bond donors (Lipinski definition) is 2. The summed E-state index contributed by atoms with van der Waals surface area (Å²) in [6, 6.07) is 19.0. The summed E-state index contributed by atoms with van der Waals surface area (Å²) in [5.74, 6) is 0.227. The fourth-order valence-corrected chi connectivity index (χ4v) is 4.71. The molecule has 4 heteroatoms. The Hall–Kier alpha value is -2.98. The van der Waals surface area contributed by atoms with Gasteiger partial charge in [-0.1, -0.05) is 36.4 Å². The van der Waals surface area contributed by atoms with Gasteiger partial charge in [0, 0.05) is 16.5 Å². The maximum Gasteiger partial charge on any atom is 0.193 e. The number of aromatic nitrogens is 1. The molecule has 126 valence electrons. The van der Waals surface area contributed by atoms with Crippen LogP contribution in [0, 0.1) is 0 Å². The molecule has 3 nitrogen and oxygen atoms in total. The Labute approximate surface area is 154 Å². The Bertz CT molecular complexity index is 1240. The van der Waals surface area contributed by atoms with Gasteiger partial charge < -0.3 is 10.1 Å². The van der Waals surface area contributed by atoms with Crippen LogP contribution in [0.3, 0.4) is 0 Å².